The molecule has 0 spiro atoms. The smallest absolute Gasteiger partial charge is 0.243 e. The highest BCUT2D eigenvalue weighted by atomic mass is 16.5. The Kier molecular flexibility index (Phi) is 4.23. The van der Waals surface area contributed by atoms with Crippen molar-refractivity contribution in [1.29, 1.82) is 5.26 Å². The standard InChI is InChI=1S/C14H22N2O2/c1-2-12-10-16(8-9-18-12)13(17)14(11-15)6-4-3-5-7-14/h12H,2-10H2,1H3. The van der Waals surface area contributed by atoms with Crippen molar-refractivity contribution in [2.24, 2.45) is 5.41 Å². The molecule has 2 rings (SSSR count). The molecule has 1 saturated heterocycles. The van der Waals surface area contributed by atoms with Gasteiger partial charge in [0.25, 0.3) is 0 Å². The molecule has 1 heterocycles. The fourth-order valence-corrected chi connectivity index (χ4v) is 2.98. The summed E-state index contributed by atoms with van der Waals surface area (Å²) in [6, 6.07) is 2.32. The second-order valence-corrected chi connectivity index (χ2v) is 5.41. The summed E-state index contributed by atoms with van der Waals surface area (Å²) >= 11 is 0. The molecule has 0 radical (unpaired) electrons. The number of carbonyl (C=O) groups excluding carboxylic acids is 1. The summed E-state index contributed by atoms with van der Waals surface area (Å²) in [6.07, 6.45) is 5.68. The van der Waals surface area contributed by atoms with Crippen molar-refractivity contribution in [3.63, 3.8) is 0 Å². The van der Waals surface area contributed by atoms with Crippen LogP contribution in [0.3, 0.4) is 0 Å². The zero-order valence-electron chi connectivity index (χ0n) is 11.2. The Hall–Kier alpha value is -1.08. The van der Waals surface area contributed by atoms with Gasteiger partial charge in [-0.1, -0.05) is 26.2 Å². The molecular formula is C14H22N2O2. The highest BCUT2D eigenvalue weighted by Crippen LogP contribution is 2.37. The van der Waals surface area contributed by atoms with Crippen LogP contribution < -0.4 is 0 Å². The van der Waals surface area contributed by atoms with E-state index in [1.54, 1.807) is 0 Å². The van der Waals surface area contributed by atoms with Crippen LogP contribution >= 0.6 is 0 Å². The van der Waals surface area contributed by atoms with E-state index in [-0.39, 0.29) is 12.0 Å². The molecule has 1 atom stereocenters. The second kappa shape index (κ2) is 5.71. The van der Waals surface area contributed by atoms with Gasteiger partial charge in [0.1, 0.15) is 5.41 Å². The fourth-order valence-electron chi connectivity index (χ4n) is 2.98. The molecule has 18 heavy (non-hydrogen) atoms. The van der Waals surface area contributed by atoms with Gasteiger partial charge >= 0.3 is 0 Å². The minimum absolute atomic E-state index is 0.0476. The molecule has 0 aromatic rings. The van der Waals surface area contributed by atoms with Gasteiger partial charge in [-0.15, -0.1) is 0 Å². The molecule has 0 aromatic heterocycles. The predicted molar refractivity (Wildman–Crippen MR) is 67.7 cm³/mol. The first-order valence-electron chi connectivity index (χ1n) is 7.04. The third-order valence-corrected chi connectivity index (χ3v) is 4.21. The molecule has 1 saturated carbocycles. The van der Waals surface area contributed by atoms with Gasteiger partial charge in [-0.3, -0.25) is 4.79 Å². The minimum Gasteiger partial charge on any atom is -0.375 e. The molecular weight excluding hydrogens is 228 g/mol. The number of rotatable bonds is 2. The average Bonchev–Trinajstić information content (AvgIpc) is 2.47. The summed E-state index contributed by atoms with van der Waals surface area (Å²) in [7, 11) is 0. The van der Waals surface area contributed by atoms with Crippen LogP contribution in [0.15, 0.2) is 0 Å². The van der Waals surface area contributed by atoms with Gasteiger partial charge < -0.3 is 9.64 Å². The SMILES string of the molecule is CCC1CN(C(=O)C2(C#N)CCCCC2)CCO1. The van der Waals surface area contributed by atoms with E-state index in [1.165, 1.54) is 0 Å². The predicted octanol–water partition coefficient (Wildman–Crippen LogP) is 2.10. The van der Waals surface area contributed by atoms with Gasteiger partial charge in [-0.25, -0.2) is 0 Å². The number of hydrogen-bond acceptors (Lipinski definition) is 3. The van der Waals surface area contributed by atoms with Crippen molar-refractivity contribution in [1.82, 2.24) is 4.90 Å². The highest BCUT2D eigenvalue weighted by Gasteiger charge is 2.43. The topological polar surface area (TPSA) is 53.3 Å². The van der Waals surface area contributed by atoms with Crippen molar-refractivity contribution in [3.8, 4) is 6.07 Å². The molecule has 1 aliphatic carbocycles. The van der Waals surface area contributed by atoms with E-state index in [4.69, 9.17) is 4.74 Å². The van der Waals surface area contributed by atoms with Crippen LogP contribution in [0.2, 0.25) is 0 Å². The lowest BCUT2D eigenvalue weighted by atomic mass is 9.74. The second-order valence-electron chi connectivity index (χ2n) is 5.41. The normalized spacial score (nSPS) is 27.6. The van der Waals surface area contributed by atoms with E-state index in [0.717, 1.165) is 38.5 Å². The van der Waals surface area contributed by atoms with Gasteiger partial charge in [0.2, 0.25) is 5.91 Å². The third kappa shape index (κ3) is 2.51. The van der Waals surface area contributed by atoms with Gasteiger partial charge in [0.15, 0.2) is 0 Å². The molecule has 4 nitrogen and oxygen atoms in total. The molecule has 4 heteroatoms. The molecule has 2 aliphatic rings. The highest BCUT2D eigenvalue weighted by molar-refractivity contribution is 5.85. The molecule has 0 N–H and O–H groups in total. The molecule has 1 amide bonds. The zero-order chi connectivity index (χ0) is 13.0. The lowest BCUT2D eigenvalue weighted by molar-refractivity contribution is -0.148. The van der Waals surface area contributed by atoms with Crippen molar-refractivity contribution in [2.75, 3.05) is 19.7 Å². The maximum atomic E-state index is 12.6. The Morgan fingerprint density at radius 2 is 2.17 bits per heavy atom. The molecule has 1 unspecified atom stereocenters. The van der Waals surface area contributed by atoms with Crippen molar-refractivity contribution >= 4 is 5.91 Å². The molecule has 1 aliphatic heterocycles. The summed E-state index contributed by atoms with van der Waals surface area (Å²) in [5.41, 5.74) is -0.742. The Morgan fingerprint density at radius 3 is 2.78 bits per heavy atom. The largest absolute Gasteiger partial charge is 0.375 e. The van der Waals surface area contributed by atoms with E-state index in [9.17, 15) is 10.1 Å². The van der Waals surface area contributed by atoms with E-state index >= 15 is 0 Å². The van der Waals surface area contributed by atoms with Crippen LogP contribution in [0, 0.1) is 16.7 Å². The van der Waals surface area contributed by atoms with Crippen molar-refractivity contribution in [2.45, 2.75) is 51.6 Å². The van der Waals surface area contributed by atoms with Crippen molar-refractivity contribution in [3.05, 3.63) is 0 Å². The van der Waals surface area contributed by atoms with Crippen molar-refractivity contribution < 1.29 is 9.53 Å². The summed E-state index contributed by atoms with van der Waals surface area (Å²) in [4.78, 5) is 14.5. The Balaban J connectivity index is 2.07. The number of nitrogens with zero attached hydrogens (tertiary/aromatic N) is 2. The molecule has 0 bridgehead atoms. The first-order valence-corrected chi connectivity index (χ1v) is 7.04. The Bertz CT molecular complexity index is 342. The quantitative estimate of drug-likeness (QED) is 0.754. The maximum absolute atomic E-state index is 12.6. The number of amides is 1. The van der Waals surface area contributed by atoms with Crippen LogP contribution in [0.5, 0.6) is 0 Å². The summed E-state index contributed by atoms with van der Waals surface area (Å²) in [5, 5.41) is 9.44. The summed E-state index contributed by atoms with van der Waals surface area (Å²) in [5.74, 6) is 0.0476. The minimum atomic E-state index is -0.742. The number of nitriles is 1. The van der Waals surface area contributed by atoms with Crippen LogP contribution in [-0.4, -0.2) is 36.6 Å². The number of carbonyl (C=O) groups is 1. The maximum Gasteiger partial charge on any atom is 0.243 e. The first kappa shape index (κ1) is 13.4. The Morgan fingerprint density at radius 1 is 1.44 bits per heavy atom. The van der Waals surface area contributed by atoms with Gasteiger partial charge in [-0.2, -0.15) is 5.26 Å². The molecule has 2 fully saturated rings. The van der Waals surface area contributed by atoms with E-state index in [1.807, 2.05) is 4.90 Å². The molecule has 100 valence electrons. The monoisotopic (exact) mass is 250 g/mol. The van der Waals surface area contributed by atoms with Crippen LogP contribution in [0.4, 0.5) is 0 Å². The van der Waals surface area contributed by atoms with E-state index < -0.39 is 5.41 Å². The van der Waals surface area contributed by atoms with Gasteiger partial charge in [0.05, 0.1) is 18.8 Å². The van der Waals surface area contributed by atoms with Gasteiger partial charge in [0, 0.05) is 13.1 Å². The average molecular weight is 250 g/mol. The third-order valence-electron chi connectivity index (χ3n) is 4.21. The number of hydrogen-bond donors (Lipinski definition) is 0. The number of morpholine rings is 1. The molecule has 0 aromatic carbocycles. The summed E-state index contributed by atoms with van der Waals surface area (Å²) < 4.78 is 5.58. The van der Waals surface area contributed by atoms with E-state index in [2.05, 4.69) is 13.0 Å². The first-order chi connectivity index (χ1) is 8.72. The van der Waals surface area contributed by atoms with Crippen LogP contribution in [-0.2, 0) is 9.53 Å². The lowest BCUT2D eigenvalue weighted by Crippen LogP contribution is -2.51. The Labute approximate surface area is 109 Å². The lowest BCUT2D eigenvalue weighted by Gasteiger charge is -2.38. The zero-order valence-corrected chi connectivity index (χ0v) is 11.2. The van der Waals surface area contributed by atoms with E-state index in [0.29, 0.717) is 19.7 Å². The fraction of sp³-hybridized carbons (Fsp3) is 0.857. The number of ether oxygens (including phenoxy) is 1. The summed E-state index contributed by atoms with van der Waals surface area (Å²) in [6.45, 7) is 3.96. The van der Waals surface area contributed by atoms with Crippen LogP contribution in [0.25, 0.3) is 0 Å². The van der Waals surface area contributed by atoms with Gasteiger partial charge in [-0.05, 0) is 19.3 Å². The van der Waals surface area contributed by atoms with Crippen LogP contribution in [0.1, 0.15) is 45.4 Å².